The zero-order valence-electron chi connectivity index (χ0n) is 14.7. The van der Waals surface area contributed by atoms with Gasteiger partial charge in [-0.25, -0.2) is 4.79 Å². The second-order valence-corrected chi connectivity index (χ2v) is 6.78. The van der Waals surface area contributed by atoms with E-state index in [1.807, 2.05) is 41.3 Å². The fourth-order valence-corrected chi connectivity index (χ4v) is 3.66. The average Bonchev–Trinajstić information content (AvgIpc) is 3.35. The Morgan fingerprint density at radius 3 is 2.81 bits per heavy atom. The lowest BCUT2D eigenvalue weighted by Crippen LogP contribution is -2.46. The molecule has 0 saturated heterocycles. The highest BCUT2D eigenvalue weighted by Gasteiger charge is 2.26. The fraction of sp³-hybridized carbons (Fsp3) is 0.400. The molecule has 1 aromatic carbocycles. The summed E-state index contributed by atoms with van der Waals surface area (Å²) < 4.78 is 10.8. The molecular weight excluding hydrogens is 330 g/mol. The number of nitrogens with one attached hydrogen (secondary N) is 1. The Kier molecular flexibility index (Phi) is 4.91. The molecule has 1 saturated carbocycles. The molecule has 1 aliphatic carbocycles. The van der Waals surface area contributed by atoms with Gasteiger partial charge in [-0.1, -0.05) is 36.6 Å². The first-order chi connectivity index (χ1) is 12.8. The van der Waals surface area contributed by atoms with Crippen LogP contribution in [0.1, 0.15) is 43.6 Å². The Hall–Kier alpha value is -2.76. The highest BCUT2D eigenvalue weighted by Crippen LogP contribution is 2.24. The van der Waals surface area contributed by atoms with Gasteiger partial charge in [0.2, 0.25) is 0 Å². The number of rotatable bonds is 5. The smallest absolute Gasteiger partial charge is 0.318 e. The zero-order chi connectivity index (χ0) is 17.8. The normalized spacial score (nSPS) is 15.2. The van der Waals surface area contributed by atoms with E-state index in [0.29, 0.717) is 13.1 Å². The highest BCUT2D eigenvalue weighted by molar-refractivity contribution is 5.80. The van der Waals surface area contributed by atoms with Crippen molar-refractivity contribution in [3.05, 3.63) is 54.1 Å². The molecule has 0 atom stereocenters. The summed E-state index contributed by atoms with van der Waals surface area (Å²) in [7, 11) is 0. The Morgan fingerprint density at radius 2 is 2.00 bits per heavy atom. The second-order valence-electron chi connectivity index (χ2n) is 6.78. The molecule has 4 rings (SSSR count). The van der Waals surface area contributed by atoms with Crippen LogP contribution in [0.5, 0.6) is 0 Å². The van der Waals surface area contributed by atoms with Crippen LogP contribution >= 0.6 is 0 Å². The van der Waals surface area contributed by atoms with Crippen molar-refractivity contribution in [3.8, 4) is 0 Å². The summed E-state index contributed by atoms with van der Waals surface area (Å²) in [6.45, 7) is 0.834. The highest BCUT2D eigenvalue weighted by atomic mass is 16.5. The molecule has 0 aliphatic heterocycles. The van der Waals surface area contributed by atoms with Crippen LogP contribution in [0.2, 0.25) is 0 Å². The van der Waals surface area contributed by atoms with Gasteiger partial charge in [-0.05, 0) is 37.1 Å². The first-order valence-electron chi connectivity index (χ1n) is 9.21. The Labute approximate surface area is 152 Å². The first-order valence-corrected chi connectivity index (χ1v) is 9.21. The molecule has 0 radical (unpaired) electrons. The number of hydrogen-bond donors (Lipinski definition) is 1. The van der Waals surface area contributed by atoms with E-state index in [4.69, 9.17) is 8.94 Å². The summed E-state index contributed by atoms with van der Waals surface area (Å²) in [5, 5.41) is 8.03. The third-order valence-electron chi connectivity index (χ3n) is 5.04. The van der Waals surface area contributed by atoms with Crippen molar-refractivity contribution >= 4 is 17.0 Å². The maximum absolute atomic E-state index is 12.9. The molecule has 6 heteroatoms. The maximum Gasteiger partial charge on any atom is 0.318 e. The summed E-state index contributed by atoms with van der Waals surface area (Å²) in [5.74, 6) is 0.803. The van der Waals surface area contributed by atoms with Crippen LogP contribution in [0.15, 0.2) is 51.6 Å². The predicted molar refractivity (Wildman–Crippen MR) is 97.4 cm³/mol. The molecule has 6 nitrogen and oxygen atoms in total. The van der Waals surface area contributed by atoms with E-state index < -0.39 is 0 Å². The van der Waals surface area contributed by atoms with Gasteiger partial charge in [0.1, 0.15) is 11.5 Å². The van der Waals surface area contributed by atoms with Gasteiger partial charge >= 0.3 is 6.03 Å². The van der Waals surface area contributed by atoms with Gasteiger partial charge in [0, 0.05) is 11.4 Å². The van der Waals surface area contributed by atoms with Crippen LogP contribution in [0, 0.1) is 0 Å². The van der Waals surface area contributed by atoms with Crippen LogP contribution in [0.3, 0.4) is 0 Å². The van der Waals surface area contributed by atoms with Gasteiger partial charge in [-0.15, -0.1) is 0 Å². The van der Waals surface area contributed by atoms with E-state index in [0.717, 1.165) is 35.3 Å². The molecular formula is C20H23N3O3. The minimum atomic E-state index is -0.0830. The molecule has 0 spiro atoms. The van der Waals surface area contributed by atoms with Crippen LogP contribution in [-0.4, -0.2) is 22.1 Å². The van der Waals surface area contributed by atoms with Crippen LogP contribution in [0.4, 0.5) is 4.79 Å². The summed E-state index contributed by atoms with van der Waals surface area (Å²) in [6, 6.07) is 11.6. The number of nitrogens with zero attached hydrogens (tertiary/aromatic N) is 2. The number of urea groups is 1. The number of hydrogen-bond acceptors (Lipinski definition) is 4. The van der Waals surface area contributed by atoms with Crippen molar-refractivity contribution in [2.75, 3.05) is 0 Å². The molecule has 0 unspecified atom stereocenters. The van der Waals surface area contributed by atoms with E-state index in [2.05, 4.69) is 10.5 Å². The lowest BCUT2D eigenvalue weighted by atomic mass is 9.94. The monoisotopic (exact) mass is 353 g/mol. The molecule has 26 heavy (non-hydrogen) atoms. The number of para-hydroxylation sites is 1. The molecule has 0 bridgehead atoms. The molecule has 1 N–H and O–H groups in total. The Morgan fingerprint density at radius 1 is 1.15 bits per heavy atom. The molecule has 136 valence electrons. The fourth-order valence-electron chi connectivity index (χ4n) is 3.66. The molecule has 2 amide bonds. The van der Waals surface area contributed by atoms with Gasteiger partial charge in [-0.3, -0.25) is 0 Å². The van der Waals surface area contributed by atoms with Crippen molar-refractivity contribution in [1.29, 1.82) is 0 Å². The summed E-state index contributed by atoms with van der Waals surface area (Å²) >= 11 is 0. The third-order valence-corrected chi connectivity index (χ3v) is 5.04. The zero-order valence-corrected chi connectivity index (χ0v) is 14.7. The van der Waals surface area contributed by atoms with Crippen molar-refractivity contribution in [2.24, 2.45) is 0 Å². The number of aromatic nitrogens is 1. The van der Waals surface area contributed by atoms with Crippen molar-refractivity contribution < 1.29 is 13.7 Å². The van der Waals surface area contributed by atoms with Gasteiger partial charge in [-0.2, -0.15) is 0 Å². The van der Waals surface area contributed by atoms with Crippen molar-refractivity contribution in [2.45, 2.75) is 51.2 Å². The summed E-state index contributed by atoms with van der Waals surface area (Å²) in [6.07, 6.45) is 7.31. The Bertz CT molecular complexity index is 850. The van der Waals surface area contributed by atoms with Gasteiger partial charge in [0.05, 0.1) is 19.4 Å². The summed E-state index contributed by atoms with van der Waals surface area (Å²) in [5.41, 5.74) is 1.48. The van der Waals surface area contributed by atoms with Gasteiger partial charge in [0.15, 0.2) is 5.58 Å². The van der Waals surface area contributed by atoms with Gasteiger partial charge in [0.25, 0.3) is 0 Å². The average molecular weight is 353 g/mol. The quantitative estimate of drug-likeness (QED) is 0.735. The maximum atomic E-state index is 12.9. The number of benzene rings is 1. The molecule has 1 fully saturated rings. The van der Waals surface area contributed by atoms with Crippen LogP contribution in [0.25, 0.3) is 11.0 Å². The third kappa shape index (κ3) is 3.59. The number of furan rings is 1. The van der Waals surface area contributed by atoms with E-state index in [-0.39, 0.29) is 12.1 Å². The largest absolute Gasteiger partial charge is 0.467 e. The second kappa shape index (κ2) is 7.64. The van der Waals surface area contributed by atoms with Crippen LogP contribution in [-0.2, 0) is 13.1 Å². The predicted octanol–water partition coefficient (Wildman–Crippen LogP) is 4.47. The SMILES string of the molecule is O=C(NCc1noc2ccccc12)N(Cc1ccco1)C1CCCCC1. The minimum absolute atomic E-state index is 0.0830. The minimum Gasteiger partial charge on any atom is -0.467 e. The van der Waals surface area contributed by atoms with E-state index in [9.17, 15) is 4.79 Å². The first kappa shape index (κ1) is 16.7. The Balaban J connectivity index is 1.46. The van der Waals surface area contributed by atoms with E-state index in [1.165, 1.54) is 19.3 Å². The molecule has 2 heterocycles. The summed E-state index contributed by atoms with van der Waals surface area (Å²) in [4.78, 5) is 14.8. The van der Waals surface area contributed by atoms with Gasteiger partial charge < -0.3 is 19.2 Å². The van der Waals surface area contributed by atoms with E-state index in [1.54, 1.807) is 6.26 Å². The standard InChI is InChI=1S/C20H23N3O3/c24-20(21-13-18-17-10-4-5-11-19(17)26-22-18)23(14-16-9-6-12-25-16)15-7-2-1-3-8-15/h4-6,9-12,15H,1-3,7-8,13-14H2,(H,21,24). The molecule has 3 aromatic rings. The van der Waals surface area contributed by atoms with E-state index >= 15 is 0 Å². The van der Waals surface area contributed by atoms with Crippen LogP contribution < -0.4 is 5.32 Å². The topological polar surface area (TPSA) is 71.5 Å². The van der Waals surface area contributed by atoms with Crippen molar-refractivity contribution in [3.63, 3.8) is 0 Å². The number of amides is 2. The number of fused-ring (bicyclic) bond motifs is 1. The lowest BCUT2D eigenvalue weighted by molar-refractivity contribution is 0.144. The number of carbonyl (C=O) groups is 1. The molecule has 1 aliphatic rings. The lowest BCUT2D eigenvalue weighted by Gasteiger charge is -2.33. The molecule has 2 aromatic heterocycles. The number of carbonyl (C=O) groups excluding carboxylic acids is 1. The van der Waals surface area contributed by atoms with Crippen molar-refractivity contribution in [1.82, 2.24) is 15.4 Å².